The van der Waals surface area contributed by atoms with E-state index in [2.05, 4.69) is 0 Å². The Morgan fingerprint density at radius 1 is 1.13 bits per heavy atom. The van der Waals surface area contributed by atoms with Crippen LogP contribution in [0.3, 0.4) is 0 Å². The highest BCUT2D eigenvalue weighted by molar-refractivity contribution is 7.67. The Hall–Kier alpha value is -0.130. The minimum Gasteiger partial charge on any atom is -0.387 e. The van der Waals surface area contributed by atoms with E-state index in [9.17, 15) is 13.5 Å². The van der Waals surface area contributed by atoms with Crippen LogP contribution in [-0.4, -0.2) is 25.2 Å². The molecule has 1 N–H and O–H groups in total. The van der Waals surface area contributed by atoms with Crippen molar-refractivity contribution in [3.8, 4) is 0 Å². The van der Waals surface area contributed by atoms with Gasteiger partial charge in [-0.25, -0.2) is 8.42 Å². The second-order valence-electron chi connectivity index (χ2n) is 4.68. The van der Waals surface area contributed by atoms with Gasteiger partial charge in [0.1, 0.15) is 6.10 Å². The molecule has 0 aliphatic heterocycles. The molecule has 5 heteroatoms. The number of hydrogen-bond donors (Lipinski definition) is 2. The van der Waals surface area contributed by atoms with Gasteiger partial charge in [0.15, 0.2) is 0 Å². The molecule has 2 fully saturated rings. The smallest absolute Gasteiger partial charge is 0.257 e. The predicted octanol–water partition coefficient (Wildman–Crippen LogP) is 1.00. The summed E-state index contributed by atoms with van der Waals surface area (Å²) >= 11 is 0. The third kappa shape index (κ3) is 2.19. The van der Waals surface area contributed by atoms with E-state index in [1.165, 1.54) is 0 Å². The fraction of sp³-hybridized carbons (Fsp3) is 1.00. The number of hydrogen-bond acceptors (Lipinski definition) is 4. The van der Waals surface area contributed by atoms with Crippen molar-refractivity contribution in [1.82, 2.24) is 0 Å². The van der Waals surface area contributed by atoms with E-state index in [-0.39, 0.29) is 5.92 Å². The van der Waals surface area contributed by atoms with Gasteiger partial charge in [-0.3, -0.25) is 4.18 Å². The fourth-order valence-electron chi connectivity index (χ4n) is 3.12. The minimum absolute atomic E-state index is 0.236. The minimum atomic E-state index is -2.85. The Morgan fingerprint density at radius 2 is 1.87 bits per heavy atom. The molecule has 0 aromatic heterocycles. The van der Waals surface area contributed by atoms with Gasteiger partial charge in [0.25, 0.3) is 11.0 Å². The van der Waals surface area contributed by atoms with E-state index in [0.29, 0.717) is 12.8 Å². The van der Waals surface area contributed by atoms with Crippen LogP contribution in [0, 0.1) is 5.92 Å². The maximum absolute atomic E-state index is 10.6. The van der Waals surface area contributed by atoms with Crippen molar-refractivity contribution in [2.24, 2.45) is 5.92 Å². The van der Waals surface area contributed by atoms with Gasteiger partial charge in [-0.15, -0.1) is 0 Å². The zero-order valence-corrected chi connectivity index (χ0v) is 9.62. The van der Waals surface area contributed by atoms with Gasteiger partial charge < -0.3 is 5.11 Å². The monoisotopic (exact) mass is 234 g/mol. The summed E-state index contributed by atoms with van der Waals surface area (Å²) in [7, 11) is -2.85. The highest BCUT2D eigenvalue weighted by Crippen LogP contribution is 2.44. The Morgan fingerprint density at radius 3 is 2.60 bits per heavy atom. The van der Waals surface area contributed by atoms with Crippen molar-refractivity contribution in [1.29, 1.82) is 0 Å². The Labute approximate surface area is 91.8 Å². The van der Waals surface area contributed by atoms with E-state index in [4.69, 9.17) is 4.18 Å². The number of thiol groups is 1. The number of rotatable bonds is 2. The summed E-state index contributed by atoms with van der Waals surface area (Å²) in [5.41, 5.74) is -0.883. The summed E-state index contributed by atoms with van der Waals surface area (Å²) in [6, 6.07) is 0. The lowest BCUT2D eigenvalue weighted by Gasteiger charge is -2.47. The second-order valence-corrected chi connectivity index (χ2v) is 5.34. The van der Waals surface area contributed by atoms with Gasteiger partial charge in [0.2, 0.25) is 0 Å². The van der Waals surface area contributed by atoms with Crippen molar-refractivity contribution in [2.45, 2.75) is 56.7 Å². The van der Waals surface area contributed by atoms with E-state index < -0.39 is 22.7 Å². The van der Waals surface area contributed by atoms with Crippen LogP contribution in [0.4, 0.5) is 0 Å². The molecule has 0 amide bonds. The van der Waals surface area contributed by atoms with Crippen LogP contribution < -0.4 is 0 Å². The van der Waals surface area contributed by atoms with Gasteiger partial charge in [-0.05, 0) is 31.6 Å². The lowest BCUT2D eigenvalue weighted by atomic mass is 9.66. The SMILES string of the molecule is O=[SH](=O)OC1CCCC2CCCCC21O. The standard InChI is InChI=1S/C10H18O4S/c11-10-7-2-1-4-8(10)5-3-6-9(10)14-15(12)13/h8-9,11,15H,1-7H2. The Kier molecular flexibility index (Phi) is 3.33. The summed E-state index contributed by atoms with van der Waals surface area (Å²) < 4.78 is 26.0. The second kappa shape index (κ2) is 4.39. The van der Waals surface area contributed by atoms with Crippen LogP contribution in [0.1, 0.15) is 44.9 Å². The molecule has 0 heterocycles. The predicted molar refractivity (Wildman–Crippen MR) is 55.9 cm³/mol. The van der Waals surface area contributed by atoms with E-state index >= 15 is 0 Å². The molecule has 0 spiro atoms. The first kappa shape index (κ1) is 11.4. The molecule has 3 atom stereocenters. The molecule has 3 unspecified atom stereocenters. The summed E-state index contributed by atoms with van der Waals surface area (Å²) in [6.45, 7) is 0. The van der Waals surface area contributed by atoms with Crippen LogP contribution >= 0.6 is 0 Å². The van der Waals surface area contributed by atoms with Crippen molar-refractivity contribution < 1.29 is 17.7 Å². The first-order chi connectivity index (χ1) is 7.13. The molecule has 88 valence electrons. The molecular formula is C10H18O4S. The maximum atomic E-state index is 10.6. The Balaban J connectivity index is 2.15. The topological polar surface area (TPSA) is 63.6 Å². The molecular weight excluding hydrogens is 216 g/mol. The van der Waals surface area contributed by atoms with Crippen LogP contribution in [0.2, 0.25) is 0 Å². The fourth-order valence-corrected chi connectivity index (χ4v) is 3.61. The zero-order chi connectivity index (χ0) is 10.9. The van der Waals surface area contributed by atoms with Crippen LogP contribution in [0.15, 0.2) is 0 Å². The van der Waals surface area contributed by atoms with Gasteiger partial charge in [0, 0.05) is 0 Å². The Bertz CT molecular complexity index is 292. The summed E-state index contributed by atoms with van der Waals surface area (Å²) in [4.78, 5) is 0. The highest BCUT2D eigenvalue weighted by Gasteiger charge is 2.48. The lowest BCUT2D eigenvalue weighted by Crippen LogP contribution is -2.54. The highest BCUT2D eigenvalue weighted by atomic mass is 32.2. The summed E-state index contributed by atoms with van der Waals surface area (Å²) in [5, 5.41) is 10.5. The van der Waals surface area contributed by atoms with E-state index in [0.717, 1.165) is 32.1 Å². The van der Waals surface area contributed by atoms with Crippen LogP contribution in [0.25, 0.3) is 0 Å². The van der Waals surface area contributed by atoms with Gasteiger partial charge in [-0.2, -0.15) is 0 Å². The molecule has 0 radical (unpaired) electrons. The molecule has 0 bridgehead atoms. The summed E-state index contributed by atoms with van der Waals surface area (Å²) in [6.07, 6.45) is 5.93. The van der Waals surface area contributed by atoms with E-state index in [1.807, 2.05) is 0 Å². The first-order valence-corrected chi connectivity index (χ1v) is 6.76. The van der Waals surface area contributed by atoms with Gasteiger partial charge in [0.05, 0.1) is 5.60 Å². The van der Waals surface area contributed by atoms with Gasteiger partial charge >= 0.3 is 0 Å². The average Bonchev–Trinajstić information content (AvgIpc) is 2.18. The quantitative estimate of drug-likeness (QED) is 0.700. The largest absolute Gasteiger partial charge is 0.387 e. The first-order valence-electron chi connectivity index (χ1n) is 5.66. The average molecular weight is 234 g/mol. The zero-order valence-electron chi connectivity index (χ0n) is 8.72. The van der Waals surface area contributed by atoms with Crippen molar-refractivity contribution in [3.05, 3.63) is 0 Å². The van der Waals surface area contributed by atoms with Crippen molar-refractivity contribution in [2.75, 3.05) is 0 Å². The molecule has 15 heavy (non-hydrogen) atoms. The van der Waals surface area contributed by atoms with Crippen LogP contribution in [0.5, 0.6) is 0 Å². The number of aliphatic hydroxyl groups is 1. The maximum Gasteiger partial charge on any atom is 0.257 e. The van der Waals surface area contributed by atoms with Crippen molar-refractivity contribution in [3.63, 3.8) is 0 Å². The molecule has 2 aliphatic carbocycles. The lowest BCUT2D eigenvalue weighted by molar-refractivity contribution is -0.141. The van der Waals surface area contributed by atoms with E-state index in [1.54, 1.807) is 0 Å². The molecule has 2 saturated carbocycles. The molecule has 2 rings (SSSR count). The normalized spacial score (nSPS) is 41.5. The third-order valence-corrected chi connectivity index (χ3v) is 4.30. The molecule has 0 saturated heterocycles. The summed E-state index contributed by atoms with van der Waals surface area (Å²) in [5.74, 6) is 0.236. The third-order valence-electron chi connectivity index (χ3n) is 3.88. The van der Waals surface area contributed by atoms with Gasteiger partial charge in [-0.1, -0.05) is 19.3 Å². The molecule has 0 aromatic carbocycles. The molecule has 4 nitrogen and oxygen atoms in total. The molecule has 2 aliphatic rings. The molecule has 0 aromatic rings. The van der Waals surface area contributed by atoms with Crippen LogP contribution in [-0.2, 0) is 15.2 Å². The van der Waals surface area contributed by atoms with Crippen molar-refractivity contribution >= 4 is 11.0 Å². The number of fused-ring (bicyclic) bond motifs is 1.